The van der Waals surface area contributed by atoms with Crippen molar-refractivity contribution in [2.24, 2.45) is 5.73 Å². The largest absolute Gasteiger partial charge is 0.381 e. The third-order valence-electron chi connectivity index (χ3n) is 4.35. The van der Waals surface area contributed by atoms with Gasteiger partial charge in [-0.1, -0.05) is 24.3 Å². The lowest BCUT2D eigenvalue weighted by atomic mass is 9.82. The van der Waals surface area contributed by atoms with E-state index in [0.29, 0.717) is 13.2 Å². The van der Waals surface area contributed by atoms with E-state index in [2.05, 4.69) is 17.1 Å². The Labute approximate surface area is 118 Å². The molecule has 20 heavy (non-hydrogen) atoms. The maximum absolute atomic E-state index is 6.56. The molecule has 106 valence electrons. The fourth-order valence-corrected chi connectivity index (χ4v) is 3.03. The van der Waals surface area contributed by atoms with E-state index in [1.54, 1.807) is 7.11 Å². The molecule has 1 fully saturated rings. The van der Waals surface area contributed by atoms with E-state index in [4.69, 9.17) is 15.2 Å². The SMILES string of the molecule is COC1(C(N)c2cncc3ccccc23)CCOCC1. The van der Waals surface area contributed by atoms with E-state index in [1.165, 1.54) is 0 Å². The molecular formula is C16H20N2O2. The van der Waals surface area contributed by atoms with Gasteiger partial charge in [0.1, 0.15) is 0 Å². The number of fused-ring (bicyclic) bond motifs is 1. The average Bonchev–Trinajstić information content (AvgIpc) is 2.54. The fraction of sp³-hybridized carbons (Fsp3) is 0.438. The molecule has 3 rings (SSSR count). The molecule has 1 atom stereocenters. The third-order valence-corrected chi connectivity index (χ3v) is 4.35. The molecule has 0 radical (unpaired) electrons. The second kappa shape index (κ2) is 5.48. The number of nitrogens with zero attached hydrogens (tertiary/aromatic N) is 1. The predicted molar refractivity (Wildman–Crippen MR) is 78.5 cm³/mol. The summed E-state index contributed by atoms with van der Waals surface area (Å²) in [5.74, 6) is 0. The number of nitrogens with two attached hydrogens (primary N) is 1. The van der Waals surface area contributed by atoms with E-state index >= 15 is 0 Å². The number of methoxy groups -OCH3 is 1. The minimum atomic E-state index is -0.357. The molecule has 0 spiro atoms. The van der Waals surface area contributed by atoms with Crippen molar-refractivity contribution in [3.05, 3.63) is 42.2 Å². The molecule has 2 heterocycles. The van der Waals surface area contributed by atoms with E-state index < -0.39 is 0 Å². The van der Waals surface area contributed by atoms with Crippen molar-refractivity contribution in [1.82, 2.24) is 4.98 Å². The van der Waals surface area contributed by atoms with Gasteiger partial charge in [-0.3, -0.25) is 4.98 Å². The molecule has 1 aliphatic rings. The van der Waals surface area contributed by atoms with Crippen molar-refractivity contribution in [3.8, 4) is 0 Å². The number of hydrogen-bond donors (Lipinski definition) is 1. The Hall–Kier alpha value is -1.49. The molecule has 0 bridgehead atoms. The molecule has 1 aromatic carbocycles. The van der Waals surface area contributed by atoms with Crippen LogP contribution in [0.3, 0.4) is 0 Å². The van der Waals surface area contributed by atoms with Crippen LogP contribution in [0.4, 0.5) is 0 Å². The summed E-state index contributed by atoms with van der Waals surface area (Å²) in [7, 11) is 1.74. The lowest BCUT2D eigenvalue weighted by Gasteiger charge is -2.40. The van der Waals surface area contributed by atoms with Crippen LogP contribution in [0, 0.1) is 0 Å². The smallest absolute Gasteiger partial charge is 0.0914 e. The first-order valence-corrected chi connectivity index (χ1v) is 6.98. The highest BCUT2D eigenvalue weighted by molar-refractivity contribution is 5.85. The molecule has 4 heteroatoms. The molecule has 1 aliphatic heterocycles. The average molecular weight is 272 g/mol. The summed E-state index contributed by atoms with van der Waals surface area (Å²) in [4.78, 5) is 4.33. The zero-order valence-electron chi connectivity index (χ0n) is 11.7. The fourth-order valence-electron chi connectivity index (χ4n) is 3.03. The van der Waals surface area contributed by atoms with Crippen molar-refractivity contribution >= 4 is 10.8 Å². The summed E-state index contributed by atoms with van der Waals surface area (Å²) >= 11 is 0. The molecule has 1 saturated heterocycles. The van der Waals surface area contributed by atoms with Gasteiger partial charge in [-0.25, -0.2) is 0 Å². The number of aromatic nitrogens is 1. The summed E-state index contributed by atoms with van der Waals surface area (Å²) in [6, 6.07) is 7.99. The van der Waals surface area contributed by atoms with Gasteiger partial charge in [-0.2, -0.15) is 0 Å². The van der Waals surface area contributed by atoms with Gasteiger partial charge in [0, 0.05) is 50.9 Å². The Morgan fingerprint density at radius 3 is 2.75 bits per heavy atom. The van der Waals surface area contributed by atoms with Crippen molar-refractivity contribution in [1.29, 1.82) is 0 Å². The monoisotopic (exact) mass is 272 g/mol. The lowest BCUT2D eigenvalue weighted by molar-refractivity contribution is -0.104. The first-order chi connectivity index (χ1) is 9.77. The number of benzene rings is 1. The first-order valence-electron chi connectivity index (χ1n) is 6.98. The van der Waals surface area contributed by atoms with Crippen LogP contribution in [0.2, 0.25) is 0 Å². The van der Waals surface area contributed by atoms with E-state index in [1.807, 2.05) is 24.5 Å². The number of pyridine rings is 1. The van der Waals surface area contributed by atoms with Crippen LogP contribution >= 0.6 is 0 Å². The highest BCUT2D eigenvalue weighted by Gasteiger charge is 2.40. The molecule has 4 nitrogen and oxygen atoms in total. The predicted octanol–water partition coefficient (Wildman–Crippen LogP) is 2.43. The third kappa shape index (κ3) is 2.20. The highest BCUT2D eigenvalue weighted by Crippen LogP contribution is 2.37. The van der Waals surface area contributed by atoms with Crippen molar-refractivity contribution in [3.63, 3.8) is 0 Å². The van der Waals surface area contributed by atoms with Crippen molar-refractivity contribution in [2.75, 3.05) is 20.3 Å². The highest BCUT2D eigenvalue weighted by atomic mass is 16.5. The molecule has 2 aromatic rings. The summed E-state index contributed by atoms with van der Waals surface area (Å²) < 4.78 is 11.3. The van der Waals surface area contributed by atoms with Crippen LogP contribution < -0.4 is 5.73 Å². The summed E-state index contributed by atoms with van der Waals surface area (Å²) in [6.45, 7) is 1.39. The van der Waals surface area contributed by atoms with Crippen LogP contribution in [0.15, 0.2) is 36.7 Å². The minimum Gasteiger partial charge on any atom is -0.381 e. The number of hydrogen-bond acceptors (Lipinski definition) is 4. The van der Waals surface area contributed by atoms with E-state index in [-0.39, 0.29) is 11.6 Å². The minimum absolute atomic E-state index is 0.199. The van der Waals surface area contributed by atoms with Crippen LogP contribution in [-0.2, 0) is 9.47 Å². The van der Waals surface area contributed by atoms with Crippen LogP contribution in [0.5, 0.6) is 0 Å². The van der Waals surface area contributed by atoms with Gasteiger partial charge in [-0.05, 0) is 10.9 Å². The Morgan fingerprint density at radius 2 is 2.00 bits per heavy atom. The van der Waals surface area contributed by atoms with Gasteiger partial charge in [0.05, 0.1) is 11.6 Å². The Bertz CT molecular complexity index is 589. The maximum Gasteiger partial charge on any atom is 0.0914 e. The quantitative estimate of drug-likeness (QED) is 0.932. The summed E-state index contributed by atoms with van der Waals surface area (Å²) in [5, 5.41) is 2.26. The number of rotatable bonds is 3. The molecule has 1 aromatic heterocycles. The Balaban J connectivity index is 2.05. The van der Waals surface area contributed by atoms with Crippen molar-refractivity contribution < 1.29 is 9.47 Å². The van der Waals surface area contributed by atoms with Gasteiger partial charge in [0.2, 0.25) is 0 Å². The maximum atomic E-state index is 6.56. The van der Waals surface area contributed by atoms with Gasteiger partial charge < -0.3 is 15.2 Å². The first kappa shape index (κ1) is 13.5. The van der Waals surface area contributed by atoms with Gasteiger partial charge in [0.15, 0.2) is 0 Å². The van der Waals surface area contributed by atoms with Gasteiger partial charge in [-0.15, -0.1) is 0 Å². The Kier molecular flexibility index (Phi) is 3.70. The molecule has 0 aliphatic carbocycles. The number of ether oxygens (including phenoxy) is 2. The molecule has 0 saturated carbocycles. The molecular weight excluding hydrogens is 252 g/mol. The molecule has 0 amide bonds. The summed E-state index contributed by atoms with van der Waals surface area (Å²) in [5.41, 5.74) is 7.25. The Morgan fingerprint density at radius 1 is 1.25 bits per heavy atom. The van der Waals surface area contributed by atoms with Crippen molar-refractivity contribution in [2.45, 2.75) is 24.5 Å². The lowest BCUT2D eigenvalue weighted by Crippen LogP contribution is -2.47. The normalized spacial score (nSPS) is 19.9. The van der Waals surface area contributed by atoms with Gasteiger partial charge in [0.25, 0.3) is 0 Å². The van der Waals surface area contributed by atoms with Gasteiger partial charge >= 0.3 is 0 Å². The second-order valence-electron chi connectivity index (χ2n) is 5.31. The zero-order chi connectivity index (χ0) is 14.0. The van der Waals surface area contributed by atoms with E-state index in [9.17, 15) is 0 Å². The van der Waals surface area contributed by atoms with E-state index in [0.717, 1.165) is 29.2 Å². The van der Waals surface area contributed by atoms with Crippen LogP contribution in [0.1, 0.15) is 24.4 Å². The molecule has 1 unspecified atom stereocenters. The second-order valence-corrected chi connectivity index (χ2v) is 5.31. The standard InChI is InChI=1S/C16H20N2O2/c1-19-16(6-8-20-9-7-16)15(17)14-11-18-10-12-4-2-3-5-13(12)14/h2-5,10-11,15H,6-9,17H2,1H3. The topological polar surface area (TPSA) is 57.4 Å². The molecule has 2 N–H and O–H groups in total. The summed E-state index contributed by atoms with van der Waals surface area (Å²) in [6.07, 6.45) is 5.36. The van der Waals surface area contributed by atoms with Crippen LogP contribution in [-0.4, -0.2) is 30.9 Å². The van der Waals surface area contributed by atoms with Crippen LogP contribution in [0.25, 0.3) is 10.8 Å². The zero-order valence-corrected chi connectivity index (χ0v) is 11.7.